The summed E-state index contributed by atoms with van der Waals surface area (Å²) in [4.78, 5) is 28.0. The lowest BCUT2D eigenvalue weighted by atomic mass is 9.85. The molecule has 2 saturated heterocycles. The van der Waals surface area contributed by atoms with Gasteiger partial charge in [0.25, 0.3) is 5.91 Å². The SMILES string of the molecule is Cc1ccc(C(=O)N2C[C@@H]3CCCO[C@@H]3[C@H](Nc3ccccn3)C2)o1.O=C(O)C(F)(F)F. The van der Waals surface area contributed by atoms with E-state index in [4.69, 9.17) is 19.1 Å². The van der Waals surface area contributed by atoms with Gasteiger partial charge in [-0.2, -0.15) is 13.2 Å². The number of aliphatic carboxylic acids is 1. The maximum atomic E-state index is 12.8. The summed E-state index contributed by atoms with van der Waals surface area (Å²) in [7, 11) is 0. The Morgan fingerprint density at radius 3 is 2.56 bits per heavy atom. The lowest BCUT2D eigenvalue weighted by Crippen LogP contribution is -2.59. The topological polar surface area (TPSA) is 105 Å². The first-order valence-electron chi connectivity index (χ1n) is 10.1. The second-order valence-corrected chi connectivity index (χ2v) is 7.63. The minimum atomic E-state index is -5.08. The number of anilines is 1. The minimum Gasteiger partial charge on any atom is -0.475 e. The van der Waals surface area contributed by atoms with Gasteiger partial charge in [0, 0.05) is 31.8 Å². The van der Waals surface area contributed by atoms with E-state index in [-0.39, 0.29) is 18.1 Å². The van der Waals surface area contributed by atoms with Crippen LogP contribution in [-0.4, -0.2) is 64.9 Å². The number of rotatable bonds is 3. The van der Waals surface area contributed by atoms with Gasteiger partial charge in [0.15, 0.2) is 5.76 Å². The summed E-state index contributed by atoms with van der Waals surface area (Å²) >= 11 is 0. The largest absolute Gasteiger partial charge is 0.490 e. The summed E-state index contributed by atoms with van der Waals surface area (Å²) in [5.41, 5.74) is 0. The number of carboxylic acids is 1. The number of hydrogen-bond acceptors (Lipinski definition) is 6. The number of likely N-dealkylation sites (tertiary alicyclic amines) is 1. The molecule has 2 aromatic heterocycles. The summed E-state index contributed by atoms with van der Waals surface area (Å²) in [5.74, 6) is -0.503. The van der Waals surface area contributed by atoms with Crippen LogP contribution in [-0.2, 0) is 9.53 Å². The Morgan fingerprint density at radius 1 is 1.22 bits per heavy atom. The van der Waals surface area contributed by atoms with Crippen LogP contribution in [0.4, 0.5) is 19.0 Å². The summed E-state index contributed by atoms with van der Waals surface area (Å²) in [6.45, 7) is 3.93. The molecule has 2 fully saturated rings. The number of alkyl halides is 3. The fourth-order valence-electron chi connectivity index (χ4n) is 3.84. The van der Waals surface area contributed by atoms with Crippen molar-refractivity contribution in [1.82, 2.24) is 9.88 Å². The zero-order valence-electron chi connectivity index (χ0n) is 17.3. The average Bonchev–Trinajstić information content (AvgIpc) is 3.20. The van der Waals surface area contributed by atoms with E-state index in [0.29, 0.717) is 24.8 Å². The molecule has 0 spiro atoms. The molecule has 3 atom stereocenters. The van der Waals surface area contributed by atoms with Crippen LogP contribution in [0.5, 0.6) is 0 Å². The molecule has 174 valence electrons. The molecule has 2 aromatic rings. The van der Waals surface area contributed by atoms with E-state index in [1.54, 1.807) is 12.3 Å². The number of ether oxygens (including phenoxy) is 1. The molecule has 4 rings (SSSR count). The van der Waals surface area contributed by atoms with E-state index < -0.39 is 12.1 Å². The summed E-state index contributed by atoms with van der Waals surface area (Å²) in [6, 6.07) is 9.38. The van der Waals surface area contributed by atoms with Crippen LogP contribution in [0.25, 0.3) is 0 Å². The minimum absolute atomic E-state index is 0.0222. The number of carboxylic acid groups (broad SMARTS) is 1. The number of amides is 1. The Hall–Kier alpha value is -3.08. The number of hydrogen-bond donors (Lipinski definition) is 2. The number of fused-ring (bicyclic) bond motifs is 1. The van der Waals surface area contributed by atoms with Crippen LogP contribution >= 0.6 is 0 Å². The van der Waals surface area contributed by atoms with Crippen LogP contribution in [0.15, 0.2) is 40.9 Å². The molecule has 2 aliphatic rings. The van der Waals surface area contributed by atoms with Crippen molar-refractivity contribution in [3.8, 4) is 0 Å². The molecule has 0 aliphatic carbocycles. The molecule has 0 bridgehead atoms. The number of aromatic nitrogens is 1. The van der Waals surface area contributed by atoms with Crippen molar-refractivity contribution in [3.63, 3.8) is 0 Å². The molecule has 0 saturated carbocycles. The highest BCUT2D eigenvalue weighted by Crippen LogP contribution is 2.31. The van der Waals surface area contributed by atoms with Gasteiger partial charge in [0.2, 0.25) is 0 Å². The number of carbonyl (C=O) groups excluding carboxylic acids is 1. The van der Waals surface area contributed by atoms with Crippen molar-refractivity contribution in [3.05, 3.63) is 48.0 Å². The third kappa shape index (κ3) is 6.00. The zero-order valence-corrected chi connectivity index (χ0v) is 17.3. The molecule has 1 amide bonds. The van der Waals surface area contributed by atoms with E-state index in [1.165, 1.54) is 0 Å². The fraction of sp³-hybridized carbons (Fsp3) is 0.476. The van der Waals surface area contributed by atoms with Gasteiger partial charge >= 0.3 is 12.1 Å². The molecule has 0 radical (unpaired) electrons. The number of furan rings is 1. The van der Waals surface area contributed by atoms with Gasteiger partial charge in [-0.3, -0.25) is 4.79 Å². The molecule has 2 aliphatic heterocycles. The molecule has 32 heavy (non-hydrogen) atoms. The van der Waals surface area contributed by atoms with Gasteiger partial charge in [-0.25, -0.2) is 9.78 Å². The molecule has 11 heteroatoms. The van der Waals surface area contributed by atoms with Crippen LogP contribution in [0.1, 0.15) is 29.2 Å². The van der Waals surface area contributed by atoms with E-state index >= 15 is 0 Å². The summed E-state index contributed by atoms with van der Waals surface area (Å²) in [5, 5.41) is 10.6. The standard InChI is InChI=1S/C19H23N3O3.C2HF3O2/c1-13-7-8-16(25-13)19(23)22-11-14-5-4-10-24-18(14)15(12-22)21-17-6-2-3-9-20-17;3-2(4,5)1(6)7/h2-3,6-9,14-15,18H,4-5,10-12H2,1H3,(H,20,21);(H,6,7)/t14-,15+,18-;/m0./s1. The first kappa shape index (κ1) is 23.6. The van der Waals surface area contributed by atoms with Gasteiger partial charge in [-0.1, -0.05) is 6.07 Å². The first-order chi connectivity index (χ1) is 15.1. The van der Waals surface area contributed by atoms with E-state index in [9.17, 15) is 18.0 Å². The van der Waals surface area contributed by atoms with Crippen LogP contribution in [0.2, 0.25) is 0 Å². The number of halogens is 3. The monoisotopic (exact) mass is 455 g/mol. The van der Waals surface area contributed by atoms with Crippen molar-refractivity contribution >= 4 is 17.7 Å². The van der Waals surface area contributed by atoms with Gasteiger partial charge < -0.3 is 24.5 Å². The lowest BCUT2D eigenvalue weighted by Gasteiger charge is -2.45. The Labute approximate surface area is 182 Å². The normalized spacial score (nSPS) is 22.9. The lowest BCUT2D eigenvalue weighted by molar-refractivity contribution is -0.192. The maximum absolute atomic E-state index is 12.8. The number of carbonyl (C=O) groups is 2. The smallest absolute Gasteiger partial charge is 0.475 e. The molecule has 4 heterocycles. The Balaban J connectivity index is 0.000000360. The van der Waals surface area contributed by atoms with Gasteiger partial charge in [0.1, 0.15) is 11.6 Å². The Morgan fingerprint density at radius 2 is 1.97 bits per heavy atom. The quantitative estimate of drug-likeness (QED) is 0.731. The molecular formula is C21H24F3N3O5. The number of aryl methyl sites for hydroxylation is 1. The predicted octanol–water partition coefficient (Wildman–Crippen LogP) is 3.35. The second kappa shape index (κ2) is 10.0. The van der Waals surface area contributed by atoms with Crippen molar-refractivity contribution in [2.45, 2.75) is 38.1 Å². The molecule has 8 nitrogen and oxygen atoms in total. The summed E-state index contributed by atoms with van der Waals surface area (Å²) in [6.07, 6.45) is -1.09. The maximum Gasteiger partial charge on any atom is 0.490 e. The van der Waals surface area contributed by atoms with E-state index in [1.807, 2.05) is 36.1 Å². The first-order valence-corrected chi connectivity index (χ1v) is 10.1. The Kier molecular flexibility index (Phi) is 7.39. The highest BCUT2D eigenvalue weighted by Gasteiger charge is 2.41. The van der Waals surface area contributed by atoms with Crippen molar-refractivity contribution < 1.29 is 37.0 Å². The number of nitrogens with zero attached hydrogens (tertiary/aromatic N) is 2. The highest BCUT2D eigenvalue weighted by atomic mass is 19.4. The second-order valence-electron chi connectivity index (χ2n) is 7.63. The van der Waals surface area contributed by atoms with Crippen LogP contribution in [0, 0.1) is 12.8 Å². The molecular weight excluding hydrogens is 431 g/mol. The number of nitrogens with one attached hydrogen (secondary N) is 1. The predicted molar refractivity (Wildman–Crippen MR) is 107 cm³/mol. The molecule has 0 unspecified atom stereocenters. The van der Waals surface area contributed by atoms with Crippen molar-refractivity contribution in [1.29, 1.82) is 0 Å². The fourth-order valence-corrected chi connectivity index (χ4v) is 3.84. The van der Waals surface area contributed by atoms with Gasteiger partial charge in [-0.15, -0.1) is 0 Å². The number of piperidine rings is 1. The third-order valence-electron chi connectivity index (χ3n) is 5.24. The third-order valence-corrected chi connectivity index (χ3v) is 5.24. The van der Waals surface area contributed by atoms with Gasteiger partial charge in [-0.05, 0) is 44.0 Å². The molecule has 0 aromatic carbocycles. The van der Waals surface area contributed by atoms with Crippen molar-refractivity contribution in [2.75, 3.05) is 25.0 Å². The summed E-state index contributed by atoms with van der Waals surface area (Å²) < 4.78 is 43.3. The molecule has 2 N–H and O–H groups in total. The van der Waals surface area contributed by atoms with Gasteiger partial charge in [0.05, 0.1) is 12.1 Å². The van der Waals surface area contributed by atoms with Crippen molar-refractivity contribution in [2.24, 2.45) is 5.92 Å². The van der Waals surface area contributed by atoms with Crippen LogP contribution < -0.4 is 5.32 Å². The Bertz CT molecular complexity index is 919. The number of pyridine rings is 1. The van der Waals surface area contributed by atoms with E-state index in [2.05, 4.69) is 10.3 Å². The average molecular weight is 455 g/mol. The van der Waals surface area contributed by atoms with E-state index in [0.717, 1.165) is 31.0 Å². The highest BCUT2D eigenvalue weighted by molar-refractivity contribution is 5.91. The van der Waals surface area contributed by atoms with Crippen LogP contribution in [0.3, 0.4) is 0 Å². The zero-order chi connectivity index (χ0) is 23.3.